The quantitative estimate of drug-likeness (QED) is 0.854. The van der Waals surface area contributed by atoms with Crippen LogP contribution in [0.3, 0.4) is 0 Å². The molecule has 1 aromatic rings. The van der Waals surface area contributed by atoms with Gasteiger partial charge in [-0.2, -0.15) is 4.31 Å². The van der Waals surface area contributed by atoms with E-state index in [0.29, 0.717) is 19.5 Å². The van der Waals surface area contributed by atoms with Crippen molar-refractivity contribution < 1.29 is 8.42 Å². The van der Waals surface area contributed by atoms with Crippen molar-refractivity contribution in [3.63, 3.8) is 0 Å². The van der Waals surface area contributed by atoms with Crippen LogP contribution < -0.4 is 5.32 Å². The highest BCUT2D eigenvalue weighted by atomic mass is 32.2. The number of nitrogens with one attached hydrogen (secondary N) is 1. The summed E-state index contributed by atoms with van der Waals surface area (Å²) in [5.41, 5.74) is 0.925. The van der Waals surface area contributed by atoms with E-state index in [2.05, 4.69) is 10.3 Å². The zero-order valence-electron chi connectivity index (χ0n) is 10.5. The van der Waals surface area contributed by atoms with Gasteiger partial charge in [0.1, 0.15) is 0 Å². The summed E-state index contributed by atoms with van der Waals surface area (Å²) >= 11 is 0. The summed E-state index contributed by atoms with van der Waals surface area (Å²) in [5, 5.41) is 3.32. The Balaban J connectivity index is 2.15. The molecule has 5 nitrogen and oxygen atoms in total. The Morgan fingerprint density at radius 1 is 1.56 bits per heavy atom. The van der Waals surface area contributed by atoms with E-state index in [1.165, 1.54) is 0 Å². The van der Waals surface area contributed by atoms with Crippen molar-refractivity contribution in [3.8, 4) is 0 Å². The number of pyridine rings is 1. The second-order valence-electron chi connectivity index (χ2n) is 4.68. The monoisotopic (exact) mass is 269 g/mol. The second-order valence-corrected chi connectivity index (χ2v) is 6.77. The Morgan fingerprint density at radius 3 is 3.11 bits per heavy atom. The zero-order chi connectivity index (χ0) is 13.0. The summed E-state index contributed by atoms with van der Waals surface area (Å²) in [7, 11) is -3.15. The van der Waals surface area contributed by atoms with Crippen LogP contribution in [-0.4, -0.2) is 42.6 Å². The maximum Gasteiger partial charge on any atom is 0.214 e. The molecular formula is C12H19N3O2S. The molecule has 2 heterocycles. The lowest BCUT2D eigenvalue weighted by Gasteiger charge is -2.28. The third-order valence-corrected chi connectivity index (χ3v) is 4.89. The van der Waals surface area contributed by atoms with Crippen LogP contribution in [0.15, 0.2) is 24.5 Å². The minimum Gasteiger partial charge on any atom is -0.313 e. The summed E-state index contributed by atoms with van der Waals surface area (Å²) < 4.78 is 25.9. The molecule has 1 saturated heterocycles. The van der Waals surface area contributed by atoms with Crippen LogP contribution in [0.2, 0.25) is 0 Å². The van der Waals surface area contributed by atoms with E-state index in [0.717, 1.165) is 12.1 Å². The standard InChI is InChI=1S/C12H19N3O2S/c1-11-9-15(10-12-4-2-5-13-8-12)18(16,17)7-3-6-14-11/h2,4-5,8,11,14H,3,6-7,9-10H2,1H3. The van der Waals surface area contributed by atoms with E-state index in [1.807, 2.05) is 19.1 Å². The van der Waals surface area contributed by atoms with Crippen LogP contribution in [-0.2, 0) is 16.6 Å². The minimum atomic E-state index is -3.15. The predicted molar refractivity (Wildman–Crippen MR) is 70.5 cm³/mol. The van der Waals surface area contributed by atoms with Gasteiger partial charge in [-0.1, -0.05) is 6.07 Å². The van der Waals surface area contributed by atoms with Gasteiger partial charge in [0, 0.05) is 31.5 Å². The van der Waals surface area contributed by atoms with Crippen LogP contribution in [0.4, 0.5) is 0 Å². The van der Waals surface area contributed by atoms with Crippen molar-refractivity contribution in [1.29, 1.82) is 0 Å². The molecule has 1 fully saturated rings. The van der Waals surface area contributed by atoms with E-state index >= 15 is 0 Å². The van der Waals surface area contributed by atoms with Gasteiger partial charge in [-0.15, -0.1) is 0 Å². The molecule has 2 rings (SSSR count). The zero-order valence-corrected chi connectivity index (χ0v) is 11.4. The molecule has 0 aliphatic carbocycles. The lowest BCUT2D eigenvalue weighted by Crippen LogP contribution is -2.45. The van der Waals surface area contributed by atoms with Gasteiger partial charge in [-0.05, 0) is 31.5 Å². The molecule has 0 saturated carbocycles. The van der Waals surface area contributed by atoms with Gasteiger partial charge in [-0.25, -0.2) is 8.42 Å². The van der Waals surface area contributed by atoms with Crippen molar-refractivity contribution >= 4 is 10.0 Å². The Labute approximate surface area is 108 Å². The lowest BCUT2D eigenvalue weighted by atomic mass is 10.2. The SMILES string of the molecule is CC1CN(Cc2cccnc2)S(=O)(=O)CCCN1. The molecule has 0 bridgehead atoms. The molecule has 1 aliphatic rings. The van der Waals surface area contributed by atoms with Gasteiger partial charge in [0.25, 0.3) is 0 Å². The number of nitrogens with zero attached hydrogens (tertiary/aromatic N) is 2. The minimum absolute atomic E-state index is 0.178. The average molecular weight is 269 g/mol. The van der Waals surface area contributed by atoms with Gasteiger partial charge >= 0.3 is 0 Å². The first kappa shape index (κ1) is 13.5. The molecule has 0 aromatic carbocycles. The first-order chi connectivity index (χ1) is 8.58. The summed E-state index contributed by atoms with van der Waals surface area (Å²) in [4.78, 5) is 4.02. The van der Waals surface area contributed by atoms with Crippen molar-refractivity contribution in [2.45, 2.75) is 25.9 Å². The topological polar surface area (TPSA) is 62.3 Å². The van der Waals surface area contributed by atoms with E-state index in [4.69, 9.17) is 0 Å². The van der Waals surface area contributed by atoms with Crippen molar-refractivity contribution in [2.24, 2.45) is 0 Å². The molecule has 0 spiro atoms. The van der Waals surface area contributed by atoms with Crippen LogP contribution >= 0.6 is 0 Å². The number of aromatic nitrogens is 1. The molecular weight excluding hydrogens is 250 g/mol. The highest BCUT2D eigenvalue weighted by molar-refractivity contribution is 7.89. The summed E-state index contributed by atoms with van der Waals surface area (Å²) in [6.07, 6.45) is 4.07. The van der Waals surface area contributed by atoms with E-state index in [9.17, 15) is 8.42 Å². The Morgan fingerprint density at radius 2 is 2.39 bits per heavy atom. The highest BCUT2D eigenvalue weighted by Gasteiger charge is 2.25. The molecule has 1 atom stereocenters. The molecule has 1 aliphatic heterocycles. The number of hydrogen-bond donors (Lipinski definition) is 1. The number of sulfonamides is 1. The maximum absolute atomic E-state index is 12.2. The van der Waals surface area contributed by atoms with Gasteiger partial charge < -0.3 is 5.32 Å². The Hall–Kier alpha value is -0.980. The van der Waals surface area contributed by atoms with Crippen LogP contribution in [0.1, 0.15) is 18.9 Å². The largest absolute Gasteiger partial charge is 0.313 e. The lowest BCUT2D eigenvalue weighted by molar-refractivity contribution is 0.348. The third-order valence-electron chi connectivity index (χ3n) is 3.02. The summed E-state index contributed by atoms with van der Waals surface area (Å²) in [5.74, 6) is 0.215. The third kappa shape index (κ3) is 3.51. The van der Waals surface area contributed by atoms with E-state index < -0.39 is 10.0 Å². The van der Waals surface area contributed by atoms with Gasteiger partial charge in [-0.3, -0.25) is 4.98 Å². The molecule has 1 N–H and O–H groups in total. The molecule has 18 heavy (non-hydrogen) atoms. The van der Waals surface area contributed by atoms with Crippen LogP contribution in [0, 0.1) is 0 Å². The molecule has 100 valence electrons. The van der Waals surface area contributed by atoms with Crippen molar-refractivity contribution in [3.05, 3.63) is 30.1 Å². The average Bonchev–Trinajstić information content (AvgIpc) is 2.34. The Bertz CT molecular complexity index is 475. The molecule has 0 radical (unpaired) electrons. The normalized spacial score (nSPS) is 25.3. The van der Waals surface area contributed by atoms with Gasteiger partial charge in [0.15, 0.2) is 0 Å². The first-order valence-corrected chi connectivity index (χ1v) is 7.79. The van der Waals surface area contributed by atoms with Crippen molar-refractivity contribution in [1.82, 2.24) is 14.6 Å². The predicted octanol–water partition coefficient (Wildman–Crippen LogP) is 0.595. The van der Waals surface area contributed by atoms with Gasteiger partial charge in [0.2, 0.25) is 10.0 Å². The van der Waals surface area contributed by atoms with Gasteiger partial charge in [0.05, 0.1) is 5.75 Å². The first-order valence-electron chi connectivity index (χ1n) is 6.18. The molecule has 0 amide bonds. The molecule has 1 unspecified atom stereocenters. The highest BCUT2D eigenvalue weighted by Crippen LogP contribution is 2.12. The second kappa shape index (κ2) is 5.77. The maximum atomic E-state index is 12.2. The number of rotatable bonds is 2. The Kier molecular flexibility index (Phi) is 4.31. The fourth-order valence-corrected chi connectivity index (χ4v) is 3.64. The molecule has 6 heteroatoms. The fourth-order valence-electron chi connectivity index (χ4n) is 2.07. The van der Waals surface area contributed by atoms with E-state index in [-0.39, 0.29) is 11.8 Å². The molecule has 1 aromatic heterocycles. The summed E-state index contributed by atoms with van der Waals surface area (Å²) in [6, 6.07) is 3.91. The van der Waals surface area contributed by atoms with E-state index in [1.54, 1.807) is 16.7 Å². The fraction of sp³-hybridized carbons (Fsp3) is 0.583. The smallest absolute Gasteiger partial charge is 0.214 e. The van der Waals surface area contributed by atoms with Crippen LogP contribution in [0.25, 0.3) is 0 Å². The van der Waals surface area contributed by atoms with Crippen LogP contribution in [0.5, 0.6) is 0 Å². The number of hydrogen-bond acceptors (Lipinski definition) is 4. The summed E-state index contributed by atoms with van der Waals surface area (Å²) in [6.45, 7) is 3.69. The van der Waals surface area contributed by atoms with Crippen molar-refractivity contribution in [2.75, 3.05) is 18.8 Å².